The molecular weight excluding hydrogens is 542 g/mol. The minimum Gasteiger partial charge on any atom is -0.379 e. The molecule has 8 nitrogen and oxygen atoms in total. The number of aromatic nitrogens is 3. The Kier molecular flexibility index (Phi) is 7.11. The fourth-order valence-corrected chi connectivity index (χ4v) is 6.13. The molecule has 0 saturated carbocycles. The van der Waals surface area contributed by atoms with Crippen LogP contribution in [0.4, 0.5) is 23.2 Å². The molecule has 0 radical (unpaired) electrons. The summed E-state index contributed by atoms with van der Waals surface area (Å²) >= 11 is 0. The normalized spacial score (nSPS) is 22.6. The first-order valence-corrected chi connectivity index (χ1v) is 13.5. The lowest BCUT2D eigenvalue weighted by molar-refractivity contribution is -0.138. The summed E-state index contributed by atoms with van der Waals surface area (Å²) in [6, 6.07) is 9.98. The van der Waals surface area contributed by atoms with Gasteiger partial charge in [0, 0.05) is 56.9 Å². The number of piperidine rings is 1. The Balaban J connectivity index is 1.28. The molecule has 2 aromatic carbocycles. The van der Waals surface area contributed by atoms with Gasteiger partial charge in [-0.2, -0.15) is 13.2 Å². The lowest BCUT2D eigenvalue weighted by Gasteiger charge is -2.42. The maximum Gasteiger partial charge on any atom is 0.416 e. The molecule has 0 N–H and O–H groups in total. The van der Waals surface area contributed by atoms with E-state index in [0.717, 1.165) is 17.5 Å². The van der Waals surface area contributed by atoms with Crippen molar-refractivity contribution in [1.82, 2.24) is 19.7 Å². The zero-order chi connectivity index (χ0) is 28.9. The number of anilines is 1. The number of aryl methyl sites for hydroxylation is 1. The van der Waals surface area contributed by atoms with Crippen LogP contribution in [-0.4, -0.2) is 71.3 Å². The maximum atomic E-state index is 14.4. The van der Waals surface area contributed by atoms with E-state index in [1.807, 2.05) is 29.8 Å². The maximum absolute atomic E-state index is 14.4. The highest BCUT2D eigenvalue weighted by Gasteiger charge is 2.44. The molecule has 0 bridgehead atoms. The number of benzene rings is 2. The number of alkyl halides is 4. The summed E-state index contributed by atoms with van der Waals surface area (Å²) in [7, 11) is 3.32. The highest BCUT2D eigenvalue weighted by Crippen LogP contribution is 2.42. The van der Waals surface area contributed by atoms with Gasteiger partial charge in [0.15, 0.2) is 0 Å². The molecule has 6 rings (SSSR count). The smallest absolute Gasteiger partial charge is 0.379 e. The highest BCUT2D eigenvalue weighted by molar-refractivity contribution is 6.10. The second-order valence-electron chi connectivity index (χ2n) is 11.2. The number of carbonyl (C=O) groups excluding carboxylic acids is 1. The number of fused-ring (bicyclic) bond motifs is 1. The minimum absolute atomic E-state index is 0.0320. The molecule has 1 amide bonds. The fourth-order valence-electron chi connectivity index (χ4n) is 6.13. The number of ether oxygens (including phenoxy) is 2. The zero-order valence-corrected chi connectivity index (χ0v) is 22.8. The van der Waals surface area contributed by atoms with Gasteiger partial charge in [0.05, 0.1) is 31.4 Å². The number of hydrogen-bond donors (Lipinski definition) is 0. The average Bonchev–Trinajstić information content (AvgIpc) is 3.47. The number of halogens is 4. The monoisotopic (exact) mass is 573 g/mol. The number of amides is 1. The molecule has 12 heteroatoms. The Bertz CT molecular complexity index is 1450. The second kappa shape index (κ2) is 10.5. The molecule has 3 aromatic rings. The van der Waals surface area contributed by atoms with Crippen molar-refractivity contribution < 1.29 is 31.8 Å². The van der Waals surface area contributed by atoms with Crippen molar-refractivity contribution in [3.05, 3.63) is 76.4 Å². The number of hydrogen-bond acceptors (Lipinski definition) is 6. The summed E-state index contributed by atoms with van der Waals surface area (Å²) in [5, 5.41) is 8.15. The number of likely N-dealkylation sites (tertiary alicyclic amines) is 1. The van der Waals surface area contributed by atoms with Crippen LogP contribution in [0.1, 0.15) is 44.9 Å². The summed E-state index contributed by atoms with van der Waals surface area (Å²) in [6.07, 6.45) is -3.75. The van der Waals surface area contributed by atoms with Crippen LogP contribution in [0.15, 0.2) is 42.7 Å². The van der Waals surface area contributed by atoms with Crippen molar-refractivity contribution in [2.45, 2.75) is 49.8 Å². The number of carbonyl (C=O) groups is 1. The van der Waals surface area contributed by atoms with E-state index in [9.17, 15) is 22.4 Å². The summed E-state index contributed by atoms with van der Waals surface area (Å²) in [5.74, 6) is 0.300. The SMILES string of the molecule is CO[C@@H]1CCN(Cc2cc3c(c(C(F)(F)F)c2)CN(c2cccc(C4(Cc5nncn5C)COC4)c2)C3=O)C[C@@H]1F. The van der Waals surface area contributed by atoms with E-state index in [1.165, 1.54) is 18.1 Å². The molecule has 2 saturated heterocycles. The number of rotatable bonds is 7. The van der Waals surface area contributed by atoms with E-state index in [0.29, 0.717) is 43.9 Å². The molecule has 0 unspecified atom stereocenters. The lowest BCUT2D eigenvalue weighted by atomic mass is 9.75. The minimum atomic E-state index is -4.65. The topological polar surface area (TPSA) is 72.7 Å². The Morgan fingerprint density at radius 1 is 1.20 bits per heavy atom. The van der Waals surface area contributed by atoms with Crippen LogP contribution in [0.5, 0.6) is 0 Å². The van der Waals surface area contributed by atoms with Gasteiger partial charge in [0.25, 0.3) is 5.91 Å². The standard InChI is InChI=1S/C29H31F4N5O3/c1-36-17-34-35-26(36)11-28(15-41-16-28)19-4-3-5-20(10-19)38-13-22-21(27(38)39)8-18(9-23(22)29(31,32)33)12-37-7-6-25(40-2)24(30)14-37/h3-5,8-10,17,24-25H,6-7,11-16H2,1-2H3/t24-,25+/m0/s1. The summed E-state index contributed by atoms with van der Waals surface area (Å²) < 4.78 is 69.8. The molecule has 2 atom stereocenters. The predicted molar refractivity (Wildman–Crippen MR) is 141 cm³/mol. The molecule has 0 spiro atoms. The number of methoxy groups -OCH3 is 1. The van der Waals surface area contributed by atoms with E-state index < -0.39 is 29.9 Å². The van der Waals surface area contributed by atoms with Crippen molar-refractivity contribution in [3.63, 3.8) is 0 Å². The Morgan fingerprint density at radius 2 is 2.00 bits per heavy atom. The molecule has 1 aromatic heterocycles. The van der Waals surface area contributed by atoms with Crippen LogP contribution >= 0.6 is 0 Å². The number of nitrogens with zero attached hydrogens (tertiary/aromatic N) is 5. The first kappa shape index (κ1) is 27.8. The van der Waals surface area contributed by atoms with Gasteiger partial charge in [-0.15, -0.1) is 10.2 Å². The Morgan fingerprint density at radius 3 is 2.63 bits per heavy atom. The van der Waals surface area contributed by atoms with Crippen molar-refractivity contribution in [2.75, 3.05) is 38.3 Å². The van der Waals surface area contributed by atoms with E-state index in [1.54, 1.807) is 17.3 Å². The third-order valence-corrected chi connectivity index (χ3v) is 8.51. The van der Waals surface area contributed by atoms with Gasteiger partial charge in [0.2, 0.25) is 0 Å². The first-order chi connectivity index (χ1) is 19.6. The highest BCUT2D eigenvalue weighted by atomic mass is 19.4. The Labute approximate surface area is 234 Å². The van der Waals surface area contributed by atoms with Crippen LogP contribution in [0.2, 0.25) is 0 Å². The molecular formula is C29H31F4N5O3. The van der Waals surface area contributed by atoms with E-state index in [2.05, 4.69) is 10.2 Å². The molecule has 3 aliphatic heterocycles. The van der Waals surface area contributed by atoms with Crippen molar-refractivity contribution in [1.29, 1.82) is 0 Å². The third kappa shape index (κ3) is 5.13. The summed E-state index contributed by atoms with van der Waals surface area (Å²) in [5.41, 5.74) is 0.559. The van der Waals surface area contributed by atoms with Crippen LogP contribution in [0.3, 0.4) is 0 Å². The molecule has 41 heavy (non-hydrogen) atoms. The van der Waals surface area contributed by atoms with Crippen molar-refractivity contribution >= 4 is 11.6 Å². The Hall–Kier alpha value is -3.35. The summed E-state index contributed by atoms with van der Waals surface area (Å²) in [6.45, 7) is 1.39. The summed E-state index contributed by atoms with van der Waals surface area (Å²) in [4.78, 5) is 16.8. The molecule has 0 aliphatic carbocycles. The van der Waals surface area contributed by atoms with Gasteiger partial charge in [0.1, 0.15) is 18.3 Å². The van der Waals surface area contributed by atoms with E-state index in [-0.39, 0.29) is 36.2 Å². The van der Waals surface area contributed by atoms with E-state index in [4.69, 9.17) is 9.47 Å². The lowest BCUT2D eigenvalue weighted by Crippen LogP contribution is -2.49. The third-order valence-electron chi connectivity index (χ3n) is 8.51. The van der Waals surface area contributed by atoms with Gasteiger partial charge in [-0.3, -0.25) is 9.69 Å². The van der Waals surface area contributed by atoms with Crippen LogP contribution in [-0.2, 0) is 47.6 Å². The van der Waals surface area contributed by atoms with Gasteiger partial charge >= 0.3 is 6.18 Å². The predicted octanol–water partition coefficient (Wildman–Crippen LogP) is 4.06. The molecule has 2 fully saturated rings. The fraction of sp³-hybridized carbons (Fsp3) is 0.483. The van der Waals surface area contributed by atoms with Crippen LogP contribution in [0, 0.1) is 0 Å². The van der Waals surface area contributed by atoms with Gasteiger partial charge in [-0.25, -0.2) is 4.39 Å². The van der Waals surface area contributed by atoms with Gasteiger partial charge in [-0.1, -0.05) is 12.1 Å². The first-order valence-electron chi connectivity index (χ1n) is 13.5. The van der Waals surface area contributed by atoms with E-state index >= 15 is 0 Å². The second-order valence-corrected chi connectivity index (χ2v) is 11.2. The largest absolute Gasteiger partial charge is 0.416 e. The van der Waals surface area contributed by atoms with Crippen LogP contribution in [0.25, 0.3) is 0 Å². The zero-order valence-electron chi connectivity index (χ0n) is 22.8. The van der Waals surface area contributed by atoms with Crippen molar-refractivity contribution in [3.8, 4) is 0 Å². The molecule has 4 heterocycles. The molecule has 218 valence electrons. The molecule has 3 aliphatic rings. The van der Waals surface area contributed by atoms with Gasteiger partial charge in [-0.05, 0) is 47.4 Å². The van der Waals surface area contributed by atoms with Crippen LogP contribution < -0.4 is 4.90 Å². The average molecular weight is 574 g/mol. The quantitative estimate of drug-likeness (QED) is 0.397. The van der Waals surface area contributed by atoms with Crippen molar-refractivity contribution in [2.24, 2.45) is 7.05 Å². The van der Waals surface area contributed by atoms with Gasteiger partial charge < -0.3 is 18.9 Å².